The summed E-state index contributed by atoms with van der Waals surface area (Å²) in [6.07, 6.45) is 41.1. The van der Waals surface area contributed by atoms with Gasteiger partial charge in [0.2, 0.25) is 0 Å². The van der Waals surface area contributed by atoms with Gasteiger partial charge in [-0.3, -0.25) is 13.8 Å². The minimum Gasteiger partial charge on any atom is -0.457 e. The number of phosphoric acid groups is 1. The monoisotopic (exact) mass is 725 g/mol. The van der Waals surface area contributed by atoms with Crippen molar-refractivity contribution >= 4 is 13.8 Å². The van der Waals surface area contributed by atoms with E-state index in [9.17, 15) is 14.3 Å². The molecule has 0 saturated heterocycles. The Balaban J connectivity index is 4.31. The highest BCUT2D eigenvalue weighted by molar-refractivity contribution is 7.47. The molecule has 0 aromatic rings. The molecule has 9 heteroatoms. The van der Waals surface area contributed by atoms with Crippen LogP contribution >= 0.6 is 7.82 Å². The lowest BCUT2D eigenvalue weighted by molar-refractivity contribution is -0.870. The summed E-state index contributed by atoms with van der Waals surface area (Å²) in [5, 5.41) is 0. The summed E-state index contributed by atoms with van der Waals surface area (Å²) in [6, 6.07) is 0. The van der Waals surface area contributed by atoms with Crippen LogP contribution in [0.2, 0.25) is 0 Å². The van der Waals surface area contributed by atoms with Gasteiger partial charge in [0.25, 0.3) is 0 Å². The van der Waals surface area contributed by atoms with Gasteiger partial charge in [-0.05, 0) is 70.6 Å². The maximum absolute atomic E-state index is 12.6. The van der Waals surface area contributed by atoms with Crippen molar-refractivity contribution in [2.75, 3.05) is 54.1 Å². The van der Waals surface area contributed by atoms with Crippen LogP contribution in [0.3, 0.4) is 0 Å². The molecular weight excluding hydrogens is 649 g/mol. The molecule has 8 nitrogen and oxygen atoms in total. The maximum Gasteiger partial charge on any atom is 0.472 e. The van der Waals surface area contributed by atoms with Gasteiger partial charge < -0.3 is 18.9 Å². The average molecular weight is 725 g/mol. The zero-order chi connectivity index (χ0) is 37.0. The van der Waals surface area contributed by atoms with Gasteiger partial charge in [-0.1, -0.05) is 120 Å². The second kappa shape index (κ2) is 34.3. The predicted molar refractivity (Wildman–Crippen MR) is 210 cm³/mol. The van der Waals surface area contributed by atoms with Gasteiger partial charge >= 0.3 is 13.8 Å². The standard InChI is InChI=1S/C41H74NO7P/c1-6-8-10-12-14-16-18-19-20-21-22-23-24-25-27-29-31-33-36-46-38-40(39-48-50(44,45)47-37-35-42(3,4)5)49-41(43)34-32-30-28-26-17-15-13-11-9-7-2/h8,10-11,13-14,16,19-20,22-23,40H,6-7,9,12,15,17-18,21,24-39H2,1-5H3/p+1/b10-8-,13-11-,16-14-,20-19-,23-22-. The third-order valence-electron chi connectivity index (χ3n) is 7.79. The van der Waals surface area contributed by atoms with E-state index in [1.165, 1.54) is 25.7 Å². The fourth-order valence-corrected chi connectivity index (χ4v) is 5.52. The molecule has 2 unspecified atom stereocenters. The van der Waals surface area contributed by atoms with Crippen LogP contribution in [0.15, 0.2) is 60.8 Å². The number of ether oxygens (including phenoxy) is 2. The van der Waals surface area contributed by atoms with Crippen molar-refractivity contribution in [3.8, 4) is 0 Å². The molecule has 0 saturated carbocycles. The molecule has 0 radical (unpaired) electrons. The van der Waals surface area contributed by atoms with Gasteiger partial charge in [-0.15, -0.1) is 0 Å². The number of nitrogens with zero attached hydrogens (tertiary/aromatic N) is 1. The molecule has 0 rings (SSSR count). The molecule has 0 aromatic carbocycles. The van der Waals surface area contributed by atoms with E-state index in [4.69, 9.17) is 18.5 Å². The van der Waals surface area contributed by atoms with Gasteiger partial charge in [0.1, 0.15) is 19.3 Å². The van der Waals surface area contributed by atoms with Gasteiger partial charge in [-0.2, -0.15) is 0 Å². The van der Waals surface area contributed by atoms with Gasteiger partial charge in [0.05, 0.1) is 34.4 Å². The molecule has 50 heavy (non-hydrogen) atoms. The molecule has 0 aliphatic rings. The Kier molecular flexibility index (Phi) is 33.1. The van der Waals surface area contributed by atoms with E-state index in [1.807, 2.05) is 21.1 Å². The van der Waals surface area contributed by atoms with E-state index in [2.05, 4.69) is 74.6 Å². The van der Waals surface area contributed by atoms with E-state index in [0.717, 1.165) is 89.9 Å². The highest BCUT2D eigenvalue weighted by atomic mass is 31.2. The Morgan fingerprint density at radius 1 is 0.640 bits per heavy atom. The number of phosphoric ester groups is 1. The van der Waals surface area contributed by atoms with Crippen molar-refractivity contribution < 1.29 is 37.3 Å². The third kappa shape index (κ3) is 37.5. The van der Waals surface area contributed by atoms with E-state index in [-0.39, 0.29) is 25.8 Å². The van der Waals surface area contributed by atoms with Crippen molar-refractivity contribution in [2.45, 2.75) is 142 Å². The van der Waals surface area contributed by atoms with Crippen LogP contribution in [0.5, 0.6) is 0 Å². The lowest BCUT2D eigenvalue weighted by atomic mass is 10.1. The topological polar surface area (TPSA) is 91.3 Å². The minimum absolute atomic E-state index is 0.0801. The minimum atomic E-state index is -4.28. The summed E-state index contributed by atoms with van der Waals surface area (Å²) in [5.74, 6) is -0.336. The van der Waals surface area contributed by atoms with Crippen LogP contribution in [0.4, 0.5) is 0 Å². The summed E-state index contributed by atoms with van der Waals surface area (Å²) in [7, 11) is 1.64. The Hall–Kier alpha value is -1.80. The van der Waals surface area contributed by atoms with Crippen LogP contribution in [0.25, 0.3) is 0 Å². The highest BCUT2D eigenvalue weighted by Crippen LogP contribution is 2.43. The summed E-state index contributed by atoms with van der Waals surface area (Å²) >= 11 is 0. The number of esters is 1. The Morgan fingerprint density at radius 3 is 1.76 bits per heavy atom. The highest BCUT2D eigenvalue weighted by Gasteiger charge is 2.26. The maximum atomic E-state index is 12.6. The quantitative estimate of drug-likeness (QED) is 0.0229. The van der Waals surface area contributed by atoms with Gasteiger partial charge in [-0.25, -0.2) is 4.57 Å². The molecule has 0 heterocycles. The predicted octanol–water partition coefficient (Wildman–Crippen LogP) is 11.0. The van der Waals surface area contributed by atoms with E-state index >= 15 is 0 Å². The van der Waals surface area contributed by atoms with Crippen molar-refractivity contribution in [1.29, 1.82) is 0 Å². The van der Waals surface area contributed by atoms with Crippen LogP contribution in [0, 0.1) is 0 Å². The molecule has 0 aliphatic heterocycles. The first-order valence-corrected chi connectivity index (χ1v) is 21.0. The molecule has 0 aliphatic carbocycles. The molecule has 0 fully saturated rings. The summed E-state index contributed by atoms with van der Waals surface area (Å²) in [6.45, 7) is 5.36. The number of quaternary nitrogens is 1. The van der Waals surface area contributed by atoms with Crippen LogP contribution < -0.4 is 0 Å². The summed E-state index contributed by atoms with van der Waals surface area (Å²) in [5.41, 5.74) is 0. The van der Waals surface area contributed by atoms with Crippen molar-refractivity contribution in [3.05, 3.63) is 60.8 Å². The van der Waals surface area contributed by atoms with Crippen molar-refractivity contribution in [3.63, 3.8) is 0 Å². The zero-order valence-corrected chi connectivity index (χ0v) is 33.5. The number of hydrogen-bond acceptors (Lipinski definition) is 6. The Morgan fingerprint density at radius 2 is 1.16 bits per heavy atom. The third-order valence-corrected chi connectivity index (χ3v) is 8.78. The zero-order valence-electron chi connectivity index (χ0n) is 32.6. The summed E-state index contributed by atoms with van der Waals surface area (Å²) < 4.78 is 34.8. The van der Waals surface area contributed by atoms with E-state index in [0.29, 0.717) is 24.1 Å². The smallest absolute Gasteiger partial charge is 0.457 e. The largest absolute Gasteiger partial charge is 0.472 e. The summed E-state index contributed by atoms with van der Waals surface area (Å²) in [4.78, 5) is 22.7. The Bertz CT molecular complexity index is 984. The van der Waals surface area contributed by atoms with E-state index < -0.39 is 13.9 Å². The lowest BCUT2D eigenvalue weighted by Gasteiger charge is -2.24. The van der Waals surface area contributed by atoms with Gasteiger partial charge in [0, 0.05) is 13.0 Å². The fraction of sp³-hybridized carbons (Fsp3) is 0.732. The molecule has 0 spiro atoms. The molecule has 290 valence electrons. The van der Waals surface area contributed by atoms with Crippen molar-refractivity contribution in [2.24, 2.45) is 0 Å². The van der Waals surface area contributed by atoms with E-state index in [1.54, 1.807) is 0 Å². The second-order valence-corrected chi connectivity index (χ2v) is 15.4. The first-order valence-electron chi connectivity index (χ1n) is 19.5. The molecular formula is C41H75NO7P+. The number of carbonyl (C=O) groups excluding carboxylic acids is 1. The van der Waals surface area contributed by atoms with Crippen LogP contribution in [-0.4, -0.2) is 75.6 Å². The number of likely N-dealkylation sites (N-methyl/N-ethyl adjacent to an activating group) is 1. The number of unbranched alkanes of at least 4 members (excludes halogenated alkanes) is 11. The number of allylic oxidation sites excluding steroid dienone is 10. The molecule has 0 aromatic heterocycles. The second-order valence-electron chi connectivity index (χ2n) is 13.9. The number of rotatable bonds is 35. The SMILES string of the molecule is CC/C=C\C/C=C\C/C=C\C/C=C\CCCCCCCOCC(COP(=O)(O)OCC[N+](C)(C)C)OC(=O)CCCCCCC/C=C\CCC. The molecule has 2 atom stereocenters. The van der Waals surface area contributed by atoms with Crippen LogP contribution in [-0.2, 0) is 27.9 Å². The lowest BCUT2D eigenvalue weighted by Crippen LogP contribution is -2.37. The Labute approximate surface area is 307 Å². The number of hydrogen-bond donors (Lipinski definition) is 1. The number of carbonyl (C=O) groups is 1. The normalized spacial score (nSPS) is 14.6. The first kappa shape index (κ1) is 48.2. The average Bonchev–Trinajstić information content (AvgIpc) is 3.06. The van der Waals surface area contributed by atoms with Gasteiger partial charge in [0.15, 0.2) is 0 Å². The van der Waals surface area contributed by atoms with Crippen molar-refractivity contribution in [1.82, 2.24) is 0 Å². The van der Waals surface area contributed by atoms with Crippen LogP contribution in [0.1, 0.15) is 136 Å². The molecule has 0 bridgehead atoms. The first-order chi connectivity index (χ1) is 24.1. The molecule has 1 N–H and O–H groups in total. The molecule has 0 amide bonds. The fourth-order valence-electron chi connectivity index (χ4n) is 4.78.